The Hall–Kier alpha value is -3.08. The van der Waals surface area contributed by atoms with E-state index in [9.17, 15) is 36.6 Å². The van der Waals surface area contributed by atoms with Gasteiger partial charge in [-0.1, -0.05) is 13.0 Å². The van der Waals surface area contributed by atoms with E-state index in [-0.39, 0.29) is 11.4 Å². The molecular weight excluding hydrogens is 439 g/mol. The Labute approximate surface area is 179 Å². The van der Waals surface area contributed by atoms with Gasteiger partial charge in [-0.2, -0.15) is 17.6 Å². The van der Waals surface area contributed by atoms with E-state index >= 15 is 0 Å². The molecule has 2 N–H and O–H groups in total. The second-order valence-corrected chi connectivity index (χ2v) is 7.73. The molecule has 3 rings (SSSR count). The Balaban J connectivity index is 2.05. The van der Waals surface area contributed by atoms with Crippen LogP contribution in [-0.4, -0.2) is 39.7 Å². The van der Waals surface area contributed by atoms with Crippen LogP contribution in [0, 0.1) is 17.6 Å². The van der Waals surface area contributed by atoms with E-state index < -0.39 is 64.4 Å². The number of carbonyl (C=O) groups is 2. The zero-order valence-electron chi connectivity index (χ0n) is 17.1. The first kappa shape index (κ1) is 23.6. The fourth-order valence-corrected chi connectivity index (χ4v) is 3.76. The predicted molar refractivity (Wildman–Crippen MR) is 102 cm³/mol. The number of pyridine rings is 1. The highest BCUT2D eigenvalue weighted by atomic mass is 19.4. The molecule has 1 aromatic heterocycles. The van der Waals surface area contributed by atoms with Crippen LogP contribution in [0.5, 0.6) is 5.75 Å². The molecule has 0 spiro atoms. The van der Waals surface area contributed by atoms with Crippen molar-refractivity contribution in [1.29, 1.82) is 0 Å². The van der Waals surface area contributed by atoms with Gasteiger partial charge in [0, 0.05) is 36.2 Å². The third-order valence-corrected chi connectivity index (χ3v) is 5.77. The lowest BCUT2D eigenvalue weighted by Gasteiger charge is -2.31. The van der Waals surface area contributed by atoms with Crippen LogP contribution >= 0.6 is 0 Å². The summed E-state index contributed by atoms with van der Waals surface area (Å²) in [6, 6.07) is 4.11. The highest BCUT2D eigenvalue weighted by molar-refractivity contribution is 5.97. The number of aromatic nitrogens is 1. The van der Waals surface area contributed by atoms with E-state index in [1.54, 1.807) is 0 Å². The third-order valence-electron chi connectivity index (χ3n) is 5.77. The molecule has 0 unspecified atom stereocenters. The number of ether oxygens (including phenoxy) is 1. The summed E-state index contributed by atoms with van der Waals surface area (Å²) in [5, 5.41) is 12.4. The molecule has 1 amide bonds. The van der Waals surface area contributed by atoms with E-state index in [0.29, 0.717) is 6.07 Å². The number of alkyl halides is 3. The number of Topliss-reactive ketones (excluding diaryl/α,β-unsaturated/α-hetero) is 1. The van der Waals surface area contributed by atoms with Gasteiger partial charge >= 0.3 is 6.18 Å². The summed E-state index contributed by atoms with van der Waals surface area (Å²) in [7, 11) is 0. The zero-order valence-corrected chi connectivity index (χ0v) is 17.1. The van der Waals surface area contributed by atoms with E-state index in [4.69, 9.17) is 4.74 Å². The number of phenolic OH excluding ortho intramolecular Hbond substituents is 1. The Kier molecular flexibility index (Phi) is 5.98. The van der Waals surface area contributed by atoms with Crippen molar-refractivity contribution in [2.24, 2.45) is 5.92 Å². The zero-order chi connectivity index (χ0) is 24.0. The van der Waals surface area contributed by atoms with Crippen LogP contribution in [0.3, 0.4) is 0 Å². The average Bonchev–Trinajstić information content (AvgIpc) is 2.99. The van der Waals surface area contributed by atoms with Gasteiger partial charge < -0.3 is 15.2 Å². The molecule has 32 heavy (non-hydrogen) atoms. The first-order valence-electron chi connectivity index (χ1n) is 9.47. The molecular formula is C21H19F5N2O4. The van der Waals surface area contributed by atoms with Gasteiger partial charge in [-0.25, -0.2) is 4.39 Å². The number of halogens is 5. The van der Waals surface area contributed by atoms with Crippen molar-refractivity contribution in [3.8, 4) is 5.75 Å². The lowest BCUT2D eigenvalue weighted by Crippen LogP contribution is -2.47. The average molecular weight is 458 g/mol. The molecule has 0 bridgehead atoms. The lowest BCUT2D eigenvalue weighted by atomic mass is 9.77. The van der Waals surface area contributed by atoms with Crippen molar-refractivity contribution in [3.05, 3.63) is 53.4 Å². The number of carbonyl (C=O) groups excluding carboxylic acids is 2. The van der Waals surface area contributed by atoms with Crippen LogP contribution in [0.2, 0.25) is 0 Å². The number of hydrogen-bond donors (Lipinski definition) is 2. The monoisotopic (exact) mass is 458 g/mol. The number of ketones is 1. The van der Waals surface area contributed by atoms with Gasteiger partial charge in [0.15, 0.2) is 23.0 Å². The predicted octanol–water partition coefficient (Wildman–Crippen LogP) is 4.35. The summed E-state index contributed by atoms with van der Waals surface area (Å²) in [5.41, 5.74) is -3.14. The van der Waals surface area contributed by atoms with Gasteiger partial charge in [0.05, 0.1) is 0 Å². The highest BCUT2D eigenvalue weighted by Crippen LogP contribution is 2.54. The van der Waals surface area contributed by atoms with Crippen molar-refractivity contribution >= 4 is 17.4 Å². The standard InChI is InChI=1S/C21H19F5N2O4/c1-9-15(12-4-5-13(22)16(23)17(12)30)18(32-20(9,3)21(24,25)26)19(31)28-11-6-7-27-14(8-11)10(2)29/h4-9,15,18,30H,1-3H3,(H,27,28,31)/t9-,15+,18+,20-/m1/s1. The van der Waals surface area contributed by atoms with Crippen molar-refractivity contribution in [2.45, 2.75) is 44.6 Å². The first-order chi connectivity index (χ1) is 14.8. The molecule has 0 saturated carbocycles. The number of nitrogens with one attached hydrogen (secondary N) is 1. The van der Waals surface area contributed by atoms with Gasteiger partial charge in [0.25, 0.3) is 5.91 Å². The maximum absolute atomic E-state index is 14.0. The minimum absolute atomic E-state index is 0.0124. The number of benzene rings is 1. The van der Waals surface area contributed by atoms with Crippen LogP contribution in [0.1, 0.15) is 42.7 Å². The fraction of sp³-hybridized carbons (Fsp3) is 0.381. The van der Waals surface area contributed by atoms with Crippen molar-refractivity contribution < 1.29 is 41.4 Å². The maximum Gasteiger partial charge on any atom is 0.417 e. The Bertz CT molecular complexity index is 1070. The van der Waals surface area contributed by atoms with Crippen LogP contribution < -0.4 is 5.32 Å². The number of aromatic hydroxyl groups is 1. The number of amides is 1. The maximum atomic E-state index is 14.0. The Morgan fingerprint density at radius 3 is 2.47 bits per heavy atom. The van der Waals surface area contributed by atoms with Crippen molar-refractivity contribution in [3.63, 3.8) is 0 Å². The molecule has 4 atom stereocenters. The number of phenols is 1. The van der Waals surface area contributed by atoms with E-state index in [2.05, 4.69) is 10.3 Å². The molecule has 0 aliphatic carbocycles. The molecule has 11 heteroatoms. The molecule has 2 heterocycles. The Morgan fingerprint density at radius 1 is 1.22 bits per heavy atom. The molecule has 2 aromatic rings. The smallest absolute Gasteiger partial charge is 0.417 e. The molecule has 1 saturated heterocycles. The normalized spacial score (nSPS) is 25.6. The summed E-state index contributed by atoms with van der Waals surface area (Å²) >= 11 is 0. The van der Waals surface area contributed by atoms with Gasteiger partial charge in [-0.05, 0) is 25.1 Å². The lowest BCUT2D eigenvalue weighted by molar-refractivity contribution is -0.272. The summed E-state index contributed by atoms with van der Waals surface area (Å²) in [4.78, 5) is 28.3. The fourth-order valence-electron chi connectivity index (χ4n) is 3.76. The van der Waals surface area contributed by atoms with Crippen molar-refractivity contribution in [1.82, 2.24) is 4.98 Å². The van der Waals surface area contributed by atoms with Crippen LogP contribution in [-0.2, 0) is 9.53 Å². The molecule has 172 valence electrons. The van der Waals surface area contributed by atoms with E-state index in [1.165, 1.54) is 25.3 Å². The molecule has 1 aliphatic rings. The summed E-state index contributed by atoms with van der Waals surface area (Å²) in [6.07, 6.45) is -5.50. The van der Waals surface area contributed by atoms with Crippen LogP contribution in [0.25, 0.3) is 0 Å². The summed E-state index contributed by atoms with van der Waals surface area (Å²) in [5.74, 6) is -8.59. The van der Waals surface area contributed by atoms with Crippen LogP contribution in [0.4, 0.5) is 27.6 Å². The quantitative estimate of drug-likeness (QED) is 0.526. The third kappa shape index (κ3) is 3.92. The minimum atomic E-state index is -4.91. The summed E-state index contributed by atoms with van der Waals surface area (Å²) < 4.78 is 74.1. The van der Waals surface area contributed by atoms with Gasteiger partial charge in [-0.3, -0.25) is 14.6 Å². The number of anilines is 1. The van der Waals surface area contributed by atoms with E-state index in [1.807, 2.05) is 0 Å². The minimum Gasteiger partial charge on any atom is -0.505 e. The molecule has 1 aromatic carbocycles. The van der Waals surface area contributed by atoms with Crippen molar-refractivity contribution in [2.75, 3.05) is 5.32 Å². The number of hydrogen-bond acceptors (Lipinski definition) is 5. The SMILES string of the molecule is CC(=O)c1cc(NC(=O)[C@H]2O[C@@](C)(C(F)(F)F)[C@H](C)[C@H]2c2ccc(F)c(F)c2O)ccn1. The molecule has 1 fully saturated rings. The topological polar surface area (TPSA) is 88.5 Å². The van der Waals surface area contributed by atoms with Gasteiger partial charge in [-0.15, -0.1) is 0 Å². The molecule has 1 aliphatic heterocycles. The Morgan fingerprint density at radius 2 is 1.88 bits per heavy atom. The van der Waals surface area contributed by atoms with Crippen LogP contribution in [0.15, 0.2) is 30.5 Å². The number of nitrogens with zero attached hydrogens (tertiary/aromatic N) is 1. The highest BCUT2D eigenvalue weighted by Gasteiger charge is 2.65. The summed E-state index contributed by atoms with van der Waals surface area (Å²) in [6.45, 7) is 3.13. The first-order valence-corrected chi connectivity index (χ1v) is 9.47. The molecule has 0 radical (unpaired) electrons. The largest absolute Gasteiger partial charge is 0.505 e. The van der Waals surface area contributed by atoms with Gasteiger partial charge in [0.2, 0.25) is 5.82 Å². The molecule has 6 nitrogen and oxygen atoms in total. The number of rotatable bonds is 4. The second-order valence-electron chi connectivity index (χ2n) is 7.73. The van der Waals surface area contributed by atoms with E-state index in [0.717, 1.165) is 19.9 Å². The van der Waals surface area contributed by atoms with Gasteiger partial charge in [0.1, 0.15) is 11.8 Å². The second kappa shape index (κ2) is 8.12.